The van der Waals surface area contributed by atoms with Crippen LogP contribution in [0.15, 0.2) is 6.20 Å². The first kappa shape index (κ1) is 18.4. The molecule has 2 fully saturated rings. The third-order valence-corrected chi connectivity index (χ3v) is 5.94. The summed E-state index contributed by atoms with van der Waals surface area (Å²) in [5.41, 5.74) is 1.27. The van der Waals surface area contributed by atoms with Crippen LogP contribution >= 0.6 is 0 Å². The third-order valence-electron chi connectivity index (χ3n) is 5.94. The van der Waals surface area contributed by atoms with E-state index in [0.29, 0.717) is 38.2 Å². The predicted molar refractivity (Wildman–Crippen MR) is 100 cm³/mol. The molecule has 3 heterocycles. The van der Waals surface area contributed by atoms with Gasteiger partial charge in [0, 0.05) is 31.5 Å². The molecule has 2 aliphatic heterocycles. The van der Waals surface area contributed by atoms with Crippen molar-refractivity contribution in [2.24, 2.45) is 17.6 Å². The molecule has 1 aliphatic carbocycles. The Hall–Kier alpha value is -1.97. The molecular weight excluding hydrogens is 346 g/mol. The van der Waals surface area contributed by atoms with Gasteiger partial charge >= 0.3 is 6.03 Å². The molecule has 1 aromatic rings. The van der Waals surface area contributed by atoms with Gasteiger partial charge < -0.3 is 9.64 Å². The number of carbonyl (C=O) groups is 1. The lowest BCUT2D eigenvalue weighted by Crippen LogP contribution is -2.51. The van der Waals surface area contributed by atoms with Crippen LogP contribution in [0, 0.1) is 5.92 Å². The fourth-order valence-electron chi connectivity index (χ4n) is 3.90. The topological polar surface area (TPSA) is 114 Å². The van der Waals surface area contributed by atoms with E-state index in [0.717, 1.165) is 36.9 Å². The van der Waals surface area contributed by atoms with Crippen LogP contribution in [-0.4, -0.2) is 51.7 Å². The molecule has 0 bridgehead atoms. The van der Waals surface area contributed by atoms with Gasteiger partial charge in [0.05, 0.1) is 23.8 Å². The van der Waals surface area contributed by atoms with E-state index in [-0.39, 0.29) is 12.1 Å². The number of fused-ring (bicyclic) bond motifs is 1. The van der Waals surface area contributed by atoms with Crippen LogP contribution in [0.4, 0.5) is 10.7 Å². The maximum absolute atomic E-state index is 12.9. The molecule has 0 unspecified atom stereocenters. The highest BCUT2D eigenvalue weighted by atomic mass is 16.5. The first-order valence-electron chi connectivity index (χ1n) is 9.70. The van der Waals surface area contributed by atoms with Gasteiger partial charge in [-0.15, -0.1) is 0 Å². The summed E-state index contributed by atoms with van der Waals surface area (Å²) in [4.78, 5) is 23.8. The van der Waals surface area contributed by atoms with Crippen LogP contribution < -0.4 is 16.7 Å². The first-order valence-corrected chi connectivity index (χ1v) is 9.70. The molecule has 1 aromatic heterocycles. The van der Waals surface area contributed by atoms with E-state index >= 15 is 0 Å². The Bertz CT molecular complexity index is 716. The number of amides is 2. The summed E-state index contributed by atoms with van der Waals surface area (Å²) in [5.74, 6) is 13.4. The maximum atomic E-state index is 12.9. The second-order valence-corrected chi connectivity index (χ2v) is 8.30. The smallest absolute Gasteiger partial charge is 0.335 e. The highest BCUT2D eigenvalue weighted by molar-refractivity contribution is 5.76. The number of hydrazine groups is 2. The summed E-state index contributed by atoms with van der Waals surface area (Å²) in [5, 5.41) is 2.99. The number of nitrogens with zero attached hydrogens (tertiary/aromatic N) is 5. The minimum atomic E-state index is -0.510. The van der Waals surface area contributed by atoms with Crippen molar-refractivity contribution in [3.63, 3.8) is 0 Å². The summed E-state index contributed by atoms with van der Waals surface area (Å²) in [6.07, 6.45) is 5.81. The average molecular weight is 375 g/mol. The number of hydrogen-bond acceptors (Lipinski definition) is 7. The van der Waals surface area contributed by atoms with E-state index in [9.17, 15) is 4.79 Å². The van der Waals surface area contributed by atoms with Crippen molar-refractivity contribution in [1.29, 1.82) is 0 Å². The molecule has 2 amide bonds. The Morgan fingerprint density at radius 1 is 1.30 bits per heavy atom. The molecule has 27 heavy (non-hydrogen) atoms. The molecule has 9 heteroatoms. The van der Waals surface area contributed by atoms with E-state index in [4.69, 9.17) is 16.4 Å². The van der Waals surface area contributed by atoms with Crippen molar-refractivity contribution in [3.8, 4) is 0 Å². The second kappa shape index (κ2) is 6.88. The van der Waals surface area contributed by atoms with E-state index < -0.39 is 5.54 Å². The zero-order valence-electron chi connectivity index (χ0n) is 16.1. The van der Waals surface area contributed by atoms with Gasteiger partial charge in [-0.1, -0.05) is 0 Å². The molecule has 9 nitrogen and oxygen atoms in total. The van der Waals surface area contributed by atoms with Crippen LogP contribution in [0.3, 0.4) is 0 Å². The predicted octanol–water partition coefficient (Wildman–Crippen LogP) is 1.09. The van der Waals surface area contributed by atoms with Crippen LogP contribution in [0.25, 0.3) is 0 Å². The number of nitrogens with two attached hydrogens (primary N) is 2. The van der Waals surface area contributed by atoms with E-state index in [1.54, 1.807) is 16.1 Å². The standard InChI is InChI=1S/C18H29N7O2/c1-18(2)14-9-21-16(25(20)13-5-7-27-8-6-13)22-15(14)11-23(18)17(26)24(19)10-12-3-4-12/h9,12-13H,3-8,10-11,19-20H2,1-2H3. The fraction of sp³-hybridized carbons (Fsp3) is 0.722. The molecule has 4 rings (SSSR count). The maximum Gasteiger partial charge on any atom is 0.335 e. The quantitative estimate of drug-likeness (QED) is 0.460. The lowest BCUT2D eigenvalue weighted by Gasteiger charge is -2.34. The van der Waals surface area contributed by atoms with Gasteiger partial charge in [-0.2, -0.15) is 0 Å². The van der Waals surface area contributed by atoms with Crippen LogP contribution in [0.1, 0.15) is 50.8 Å². The number of rotatable bonds is 4. The van der Waals surface area contributed by atoms with Gasteiger partial charge in [-0.05, 0) is 45.4 Å². The summed E-state index contributed by atoms with van der Waals surface area (Å²) in [6, 6.07) is 0.00232. The summed E-state index contributed by atoms with van der Waals surface area (Å²) in [7, 11) is 0. The molecule has 0 atom stereocenters. The molecule has 4 N–H and O–H groups in total. The zero-order chi connectivity index (χ0) is 19.2. The fourth-order valence-corrected chi connectivity index (χ4v) is 3.90. The first-order chi connectivity index (χ1) is 12.9. The molecule has 0 spiro atoms. The average Bonchev–Trinajstić information content (AvgIpc) is 3.44. The van der Waals surface area contributed by atoms with Crippen molar-refractivity contribution < 1.29 is 9.53 Å². The highest BCUT2D eigenvalue weighted by Gasteiger charge is 2.43. The number of hydrogen-bond donors (Lipinski definition) is 2. The van der Waals surface area contributed by atoms with Crippen LogP contribution in [-0.2, 0) is 16.8 Å². The molecule has 148 valence electrons. The zero-order valence-corrected chi connectivity index (χ0v) is 16.1. The summed E-state index contributed by atoms with van der Waals surface area (Å²) < 4.78 is 5.40. The monoisotopic (exact) mass is 375 g/mol. The van der Waals surface area contributed by atoms with Crippen molar-refractivity contribution in [3.05, 3.63) is 17.5 Å². The Morgan fingerprint density at radius 3 is 2.67 bits per heavy atom. The number of ether oxygens (including phenoxy) is 1. The Morgan fingerprint density at radius 2 is 2.00 bits per heavy atom. The number of aromatic nitrogens is 2. The van der Waals surface area contributed by atoms with E-state index in [2.05, 4.69) is 9.97 Å². The minimum absolute atomic E-state index is 0.166. The van der Waals surface area contributed by atoms with Gasteiger partial charge in [-0.25, -0.2) is 26.4 Å². The highest BCUT2D eigenvalue weighted by Crippen LogP contribution is 2.39. The third kappa shape index (κ3) is 3.46. The Balaban J connectivity index is 1.52. The van der Waals surface area contributed by atoms with Crippen LogP contribution in [0.5, 0.6) is 0 Å². The largest absolute Gasteiger partial charge is 0.381 e. The SMILES string of the molecule is CC1(C)c2cnc(N(N)C3CCOCC3)nc2CN1C(=O)N(N)CC1CC1. The second-order valence-electron chi connectivity index (χ2n) is 8.30. The van der Waals surface area contributed by atoms with E-state index in [1.807, 2.05) is 13.8 Å². The van der Waals surface area contributed by atoms with Gasteiger partial charge in [0.25, 0.3) is 0 Å². The Labute approximate surface area is 159 Å². The van der Waals surface area contributed by atoms with Crippen molar-refractivity contribution >= 4 is 12.0 Å². The molecule has 0 radical (unpaired) electrons. The molecule has 1 saturated heterocycles. The lowest BCUT2D eigenvalue weighted by atomic mass is 9.97. The molecule has 0 aromatic carbocycles. The van der Waals surface area contributed by atoms with Crippen molar-refractivity contribution in [1.82, 2.24) is 19.9 Å². The van der Waals surface area contributed by atoms with E-state index in [1.165, 1.54) is 5.01 Å². The summed E-state index contributed by atoms with van der Waals surface area (Å²) >= 11 is 0. The van der Waals surface area contributed by atoms with Gasteiger partial charge in [0.15, 0.2) is 0 Å². The van der Waals surface area contributed by atoms with Crippen molar-refractivity contribution in [2.75, 3.05) is 24.8 Å². The molecular formula is C18H29N7O2. The van der Waals surface area contributed by atoms with Crippen molar-refractivity contribution in [2.45, 2.75) is 57.7 Å². The Kier molecular flexibility index (Phi) is 4.69. The normalized spacial score (nSPS) is 21.9. The van der Waals surface area contributed by atoms with Gasteiger partial charge in [0.2, 0.25) is 5.95 Å². The molecule has 1 saturated carbocycles. The number of anilines is 1. The summed E-state index contributed by atoms with van der Waals surface area (Å²) in [6.45, 7) is 6.43. The number of carbonyl (C=O) groups excluding carboxylic acids is 1. The van der Waals surface area contributed by atoms with Gasteiger partial charge in [0.1, 0.15) is 0 Å². The lowest BCUT2D eigenvalue weighted by molar-refractivity contribution is 0.0841. The minimum Gasteiger partial charge on any atom is -0.381 e. The molecule has 3 aliphatic rings. The van der Waals surface area contributed by atoms with Gasteiger partial charge in [-0.3, -0.25) is 10.0 Å². The van der Waals surface area contributed by atoms with Crippen LogP contribution in [0.2, 0.25) is 0 Å². The number of urea groups is 1.